The van der Waals surface area contributed by atoms with Gasteiger partial charge in [-0.1, -0.05) is 0 Å². The molecule has 3 aromatic rings. The van der Waals surface area contributed by atoms with E-state index in [-0.39, 0.29) is 23.6 Å². The molecule has 0 radical (unpaired) electrons. The minimum absolute atomic E-state index is 0.198. The van der Waals surface area contributed by atoms with Gasteiger partial charge in [0.1, 0.15) is 5.01 Å². The number of rotatable bonds is 4. The van der Waals surface area contributed by atoms with Gasteiger partial charge in [-0.15, -0.1) is 11.3 Å². The zero-order chi connectivity index (χ0) is 19.0. The van der Waals surface area contributed by atoms with Gasteiger partial charge in [0.15, 0.2) is 12.1 Å². The van der Waals surface area contributed by atoms with Crippen molar-refractivity contribution in [3.63, 3.8) is 0 Å². The second-order valence-corrected chi connectivity index (χ2v) is 7.28. The summed E-state index contributed by atoms with van der Waals surface area (Å²) in [7, 11) is 0. The number of amides is 2. The first-order valence-electron chi connectivity index (χ1n) is 8.49. The van der Waals surface area contributed by atoms with Gasteiger partial charge < -0.3 is 14.6 Å². The third-order valence-electron chi connectivity index (χ3n) is 4.43. The van der Waals surface area contributed by atoms with Crippen LogP contribution in [0.25, 0.3) is 0 Å². The van der Waals surface area contributed by atoms with Gasteiger partial charge in [-0.3, -0.25) is 14.7 Å². The van der Waals surface area contributed by atoms with Crippen LogP contribution in [0.15, 0.2) is 22.4 Å². The Morgan fingerprint density at radius 3 is 3.00 bits per heavy atom. The zero-order valence-corrected chi connectivity index (χ0v) is 15.7. The molecule has 0 bridgehead atoms. The van der Waals surface area contributed by atoms with Gasteiger partial charge in [-0.2, -0.15) is 5.10 Å². The minimum atomic E-state index is -0.247. The summed E-state index contributed by atoms with van der Waals surface area (Å²) in [6, 6.07) is -0.198. The van der Waals surface area contributed by atoms with Crippen molar-refractivity contribution in [3.05, 3.63) is 51.4 Å². The van der Waals surface area contributed by atoms with E-state index in [1.54, 1.807) is 4.90 Å². The van der Waals surface area contributed by atoms with Crippen LogP contribution in [0.2, 0.25) is 0 Å². The summed E-state index contributed by atoms with van der Waals surface area (Å²) in [6.07, 6.45) is 3.16. The third-order valence-corrected chi connectivity index (χ3v) is 5.58. The molecule has 140 valence electrons. The Morgan fingerprint density at radius 2 is 2.30 bits per heavy atom. The zero-order valence-electron chi connectivity index (χ0n) is 14.9. The van der Waals surface area contributed by atoms with Crippen LogP contribution >= 0.6 is 11.3 Å². The molecular formula is C17H18N6O3S. The van der Waals surface area contributed by atoms with Crippen LogP contribution in [0, 0.1) is 6.92 Å². The number of aromatic nitrogens is 4. The van der Waals surface area contributed by atoms with Crippen LogP contribution in [-0.4, -0.2) is 43.4 Å². The second-order valence-electron chi connectivity index (χ2n) is 6.39. The van der Waals surface area contributed by atoms with Crippen molar-refractivity contribution in [2.45, 2.75) is 32.9 Å². The number of carbonyl (C=O) groups is 2. The van der Waals surface area contributed by atoms with Crippen molar-refractivity contribution in [2.24, 2.45) is 0 Å². The molecule has 0 aliphatic carbocycles. The van der Waals surface area contributed by atoms with E-state index in [1.807, 2.05) is 19.2 Å². The standard InChI is InChI=1S/C17H18N6O3S/c1-9-7-27-16(19-9)10(2)20-15(24)14-11-3-4-23(6-12(11)21-22-14)17(25)13-5-18-8-26-13/h5,7-8,10H,3-4,6H2,1-2H3,(H,20,24)(H,21,22). The number of aromatic amines is 1. The Kier molecular flexibility index (Phi) is 4.48. The molecule has 1 atom stereocenters. The number of H-pyrrole nitrogens is 1. The Morgan fingerprint density at radius 1 is 1.44 bits per heavy atom. The maximum absolute atomic E-state index is 12.6. The number of nitrogens with one attached hydrogen (secondary N) is 2. The van der Waals surface area contributed by atoms with Gasteiger partial charge in [0.05, 0.1) is 24.5 Å². The molecule has 1 aliphatic heterocycles. The lowest BCUT2D eigenvalue weighted by molar-refractivity contribution is 0.0700. The van der Waals surface area contributed by atoms with Crippen molar-refractivity contribution < 1.29 is 14.0 Å². The highest BCUT2D eigenvalue weighted by Crippen LogP contribution is 2.23. The van der Waals surface area contributed by atoms with Crippen LogP contribution in [0.3, 0.4) is 0 Å². The Hall–Kier alpha value is -3.01. The Balaban J connectivity index is 1.46. The lowest BCUT2D eigenvalue weighted by Gasteiger charge is -2.25. The Labute approximate surface area is 158 Å². The number of aryl methyl sites for hydroxylation is 1. The highest BCUT2D eigenvalue weighted by atomic mass is 32.1. The van der Waals surface area contributed by atoms with Crippen molar-refractivity contribution in [1.82, 2.24) is 30.4 Å². The summed E-state index contributed by atoms with van der Waals surface area (Å²) in [5.74, 6) is -0.280. The quantitative estimate of drug-likeness (QED) is 0.707. The van der Waals surface area contributed by atoms with Crippen molar-refractivity contribution in [1.29, 1.82) is 0 Å². The van der Waals surface area contributed by atoms with Gasteiger partial charge in [0, 0.05) is 23.2 Å². The predicted octanol–water partition coefficient (Wildman–Crippen LogP) is 1.85. The average molecular weight is 386 g/mol. The average Bonchev–Trinajstić information content (AvgIpc) is 3.40. The number of fused-ring (bicyclic) bond motifs is 1. The summed E-state index contributed by atoms with van der Waals surface area (Å²) < 4.78 is 5.07. The lowest BCUT2D eigenvalue weighted by atomic mass is 10.0. The number of thiazole rings is 1. The molecule has 1 unspecified atom stereocenters. The van der Waals surface area contributed by atoms with Gasteiger partial charge in [-0.25, -0.2) is 9.97 Å². The van der Waals surface area contributed by atoms with E-state index in [0.29, 0.717) is 25.2 Å². The molecule has 0 spiro atoms. The van der Waals surface area contributed by atoms with Crippen molar-refractivity contribution >= 4 is 23.2 Å². The van der Waals surface area contributed by atoms with Crippen LogP contribution < -0.4 is 5.32 Å². The van der Waals surface area contributed by atoms with Crippen LogP contribution in [0.4, 0.5) is 0 Å². The van der Waals surface area contributed by atoms with E-state index >= 15 is 0 Å². The summed E-state index contributed by atoms with van der Waals surface area (Å²) in [6.45, 7) is 4.64. The fraction of sp³-hybridized carbons (Fsp3) is 0.353. The number of hydrogen-bond donors (Lipinski definition) is 2. The molecule has 9 nitrogen and oxygen atoms in total. The van der Waals surface area contributed by atoms with E-state index < -0.39 is 0 Å². The van der Waals surface area contributed by atoms with E-state index in [1.165, 1.54) is 23.9 Å². The number of oxazole rings is 1. The molecule has 0 saturated carbocycles. The first kappa shape index (κ1) is 17.4. The molecule has 2 amide bonds. The number of hydrogen-bond acceptors (Lipinski definition) is 7. The summed E-state index contributed by atoms with van der Waals surface area (Å²) in [5.41, 5.74) is 2.91. The van der Waals surface area contributed by atoms with Crippen LogP contribution in [0.5, 0.6) is 0 Å². The highest BCUT2D eigenvalue weighted by Gasteiger charge is 2.29. The fourth-order valence-corrected chi connectivity index (χ4v) is 3.86. The fourth-order valence-electron chi connectivity index (χ4n) is 3.05. The molecule has 0 aromatic carbocycles. The SMILES string of the molecule is Cc1csc(C(C)NC(=O)c2n[nH]c3c2CCN(C(=O)c2cnco2)C3)n1. The topological polar surface area (TPSA) is 117 Å². The molecule has 10 heteroatoms. The highest BCUT2D eigenvalue weighted by molar-refractivity contribution is 7.09. The van der Waals surface area contributed by atoms with Gasteiger partial charge in [0.2, 0.25) is 5.76 Å². The van der Waals surface area contributed by atoms with Gasteiger partial charge in [0.25, 0.3) is 11.8 Å². The summed E-state index contributed by atoms with van der Waals surface area (Å²) >= 11 is 1.52. The third kappa shape index (κ3) is 3.35. The normalized spacial score (nSPS) is 14.7. The van der Waals surface area contributed by atoms with E-state index in [0.717, 1.165) is 22.0 Å². The summed E-state index contributed by atoms with van der Waals surface area (Å²) in [5, 5.41) is 12.8. The van der Waals surface area contributed by atoms with Crippen molar-refractivity contribution in [3.8, 4) is 0 Å². The van der Waals surface area contributed by atoms with Crippen LogP contribution in [-0.2, 0) is 13.0 Å². The van der Waals surface area contributed by atoms with E-state index in [2.05, 4.69) is 25.5 Å². The number of carbonyl (C=O) groups excluding carboxylic acids is 2. The maximum atomic E-state index is 12.6. The molecule has 4 heterocycles. The lowest BCUT2D eigenvalue weighted by Crippen LogP contribution is -2.36. The monoisotopic (exact) mass is 386 g/mol. The Bertz CT molecular complexity index is 977. The van der Waals surface area contributed by atoms with Gasteiger partial charge >= 0.3 is 0 Å². The van der Waals surface area contributed by atoms with Crippen LogP contribution in [0.1, 0.15) is 56.0 Å². The maximum Gasteiger partial charge on any atom is 0.291 e. The minimum Gasteiger partial charge on any atom is -0.438 e. The van der Waals surface area contributed by atoms with E-state index in [9.17, 15) is 9.59 Å². The largest absolute Gasteiger partial charge is 0.438 e. The van der Waals surface area contributed by atoms with Crippen molar-refractivity contribution in [2.75, 3.05) is 6.54 Å². The molecule has 1 aliphatic rings. The predicted molar refractivity (Wildman–Crippen MR) is 96.3 cm³/mol. The molecule has 4 rings (SSSR count). The first-order chi connectivity index (χ1) is 13.0. The molecule has 3 aromatic heterocycles. The first-order valence-corrected chi connectivity index (χ1v) is 9.37. The summed E-state index contributed by atoms with van der Waals surface area (Å²) in [4.78, 5) is 34.9. The van der Waals surface area contributed by atoms with E-state index in [4.69, 9.17) is 4.42 Å². The van der Waals surface area contributed by atoms with Gasteiger partial charge in [-0.05, 0) is 20.3 Å². The number of nitrogens with zero attached hydrogens (tertiary/aromatic N) is 4. The second kappa shape index (κ2) is 6.95. The molecule has 2 N–H and O–H groups in total. The molecule has 0 saturated heterocycles. The smallest absolute Gasteiger partial charge is 0.291 e. The molecular weight excluding hydrogens is 368 g/mol. The molecule has 0 fully saturated rings. The molecule has 27 heavy (non-hydrogen) atoms.